The van der Waals surface area contributed by atoms with Crippen molar-refractivity contribution in [3.63, 3.8) is 0 Å². The van der Waals surface area contributed by atoms with Crippen molar-refractivity contribution in [3.05, 3.63) is 29.6 Å². The Morgan fingerprint density at radius 3 is 2.52 bits per heavy atom. The van der Waals surface area contributed by atoms with Crippen LogP contribution in [0.4, 0.5) is 4.39 Å². The summed E-state index contributed by atoms with van der Waals surface area (Å²) in [5.74, 6) is -5.59. The second-order valence-corrected chi connectivity index (χ2v) is 7.62. The zero-order valence-corrected chi connectivity index (χ0v) is 14.9. The summed E-state index contributed by atoms with van der Waals surface area (Å²) in [5, 5.41) is 29.1. The van der Waals surface area contributed by atoms with E-state index in [2.05, 4.69) is 0 Å². The molecule has 0 aromatic heterocycles. The number of carboxylic acid groups (broad SMARTS) is 2. The molecule has 0 saturated heterocycles. The number of hydrogen-bond acceptors (Lipinski definition) is 5. The molecule has 2 saturated carbocycles. The maximum Gasteiger partial charge on any atom is 0.324 e. The Morgan fingerprint density at radius 2 is 2.00 bits per heavy atom. The fraction of sp³-hybridized carbons (Fsp3) is 0.500. The highest BCUT2D eigenvalue weighted by atomic mass is 35.5. The molecule has 0 bridgehead atoms. The average Bonchev–Trinajstić information content (AvgIpc) is 3.21. The van der Waals surface area contributed by atoms with E-state index in [1.54, 1.807) is 19.1 Å². The minimum absolute atomic E-state index is 0. The first kappa shape index (κ1) is 20.0. The van der Waals surface area contributed by atoms with Crippen LogP contribution in [0, 0.1) is 36.4 Å². The number of fused-ring (bicyclic) bond motifs is 1. The molecule has 0 spiro atoms. The van der Waals surface area contributed by atoms with Gasteiger partial charge in [-0.1, -0.05) is 0 Å². The summed E-state index contributed by atoms with van der Waals surface area (Å²) >= 11 is 1.28. The molecule has 2 fully saturated rings. The number of aliphatic carboxylic acids is 2. The minimum atomic E-state index is -1.77. The number of carboxylic acids is 2. The number of aliphatic hydroxyl groups excluding tert-OH is 1. The summed E-state index contributed by atoms with van der Waals surface area (Å²) in [6.07, 6.45) is -1.08. The first-order valence-corrected chi connectivity index (χ1v) is 8.50. The third-order valence-electron chi connectivity index (χ3n) is 5.26. The van der Waals surface area contributed by atoms with E-state index in [9.17, 15) is 24.2 Å². The summed E-state index contributed by atoms with van der Waals surface area (Å²) in [5.41, 5.74) is 4.77. The molecule has 2 aliphatic rings. The van der Waals surface area contributed by atoms with Crippen molar-refractivity contribution in [1.82, 2.24) is 0 Å². The SMILES string of the molecule is Cc1cc(SC[C@@H]2[C@@H](O)[C@H]3[C@H](C(=O)O)[C@H]3[C@]2(N)C(=O)O)ccc1F.Cl. The van der Waals surface area contributed by atoms with Crippen LogP contribution in [0.1, 0.15) is 5.56 Å². The van der Waals surface area contributed by atoms with Crippen LogP contribution in [0.2, 0.25) is 0 Å². The van der Waals surface area contributed by atoms with Gasteiger partial charge in [0, 0.05) is 28.4 Å². The van der Waals surface area contributed by atoms with Crippen LogP contribution in [-0.4, -0.2) is 44.7 Å². The van der Waals surface area contributed by atoms with Crippen LogP contribution in [0.25, 0.3) is 0 Å². The number of aliphatic hydroxyl groups is 1. The summed E-state index contributed by atoms with van der Waals surface area (Å²) in [6, 6.07) is 4.54. The summed E-state index contributed by atoms with van der Waals surface area (Å²) in [7, 11) is 0. The Balaban J connectivity index is 0.00000225. The van der Waals surface area contributed by atoms with E-state index in [0.29, 0.717) is 5.56 Å². The topological polar surface area (TPSA) is 121 Å². The van der Waals surface area contributed by atoms with Gasteiger partial charge in [0.2, 0.25) is 0 Å². The third-order valence-corrected chi connectivity index (χ3v) is 6.37. The maximum absolute atomic E-state index is 13.3. The van der Waals surface area contributed by atoms with Gasteiger partial charge in [0.25, 0.3) is 0 Å². The molecule has 1 aromatic rings. The maximum atomic E-state index is 13.3. The van der Waals surface area contributed by atoms with Crippen LogP contribution < -0.4 is 5.73 Å². The highest BCUT2D eigenvalue weighted by molar-refractivity contribution is 7.99. The number of benzene rings is 1. The van der Waals surface area contributed by atoms with Crippen LogP contribution in [0.5, 0.6) is 0 Å². The fourth-order valence-corrected chi connectivity index (χ4v) is 5.19. The van der Waals surface area contributed by atoms with Crippen LogP contribution in [0.15, 0.2) is 23.1 Å². The summed E-state index contributed by atoms with van der Waals surface area (Å²) < 4.78 is 13.3. The summed E-state index contributed by atoms with van der Waals surface area (Å²) in [6.45, 7) is 1.63. The Kier molecular flexibility index (Phi) is 5.39. The molecule has 6 nitrogen and oxygen atoms in total. The van der Waals surface area contributed by atoms with Gasteiger partial charge in [-0.05, 0) is 30.7 Å². The Bertz CT molecular complexity index is 720. The lowest BCUT2D eigenvalue weighted by atomic mass is 9.81. The lowest BCUT2D eigenvalue weighted by molar-refractivity contribution is -0.148. The van der Waals surface area contributed by atoms with E-state index < -0.39 is 47.3 Å². The quantitative estimate of drug-likeness (QED) is 0.559. The van der Waals surface area contributed by atoms with Crippen LogP contribution >= 0.6 is 24.2 Å². The van der Waals surface area contributed by atoms with Crippen molar-refractivity contribution in [3.8, 4) is 0 Å². The zero-order valence-electron chi connectivity index (χ0n) is 13.3. The molecule has 25 heavy (non-hydrogen) atoms. The van der Waals surface area contributed by atoms with E-state index in [0.717, 1.165) is 4.90 Å². The molecular weight excluding hydrogens is 373 g/mol. The number of halogens is 2. The monoisotopic (exact) mass is 391 g/mol. The first-order valence-electron chi connectivity index (χ1n) is 7.51. The number of thioether (sulfide) groups is 1. The Hall–Kier alpha value is -1.35. The van der Waals surface area contributed by atoms with Crippen molar-refractivity contribution < 1.29 is 29.3 Å². The van der Waals surface area contributed by atoms with Crippen LogP contribution in [0.3, 0.4) is 0 Å². The molecular formula is C16H19ClFNO5S. The van der Waals surface area contributed by atoms with Gasteiger partial charge < -0.3 is 21.1 Å². The van der Waals surface area contributed by atoms with E-state index in [1.165, 1.54) is 17.8 Å². The molecule has 0 radical (unpaired) electrons. The molecule has 0 heterocycles. The van der Waals surface area contributed by atoms with Gasteiger partial charge in [0.1, 0.15) is 11.4 Å². The number of aryl methyl sites for hydroxylation is 1. The largest absolute Gasteiger partial charge is 0.481 e. The lowest BCUT2D eigenvalue weighted by Crippen LogP contribution is -2.58. The van der Waals surface area contributed by atoms with Gasteiger partial charge in [0.15, 0.2) is 0 Å². The van der Waals surface area contributed by atoms with Crippen molar-refractivity contribution in [1.29, 1.82) is 0 Å². The Morgan fingerprint density at radius 1 is 1.36 bits per heavy atom. The van der Waals surface area contributed by atoms with Gasteiger partial charge in [-0.2, -0.15) is 0 Å². The number of hydrogen-bond donors (Lipinski definition) is 4. The number of nitrogens with two attached hydrogens (primary N) is 1. The molecule has 0 aliphatic heterocycles. The standard InChI is InChI=1S/C16H18FNO5S.ClH/c1-6-4-7(2-3-9(6)17)24-5-8-13(19)10-11(14(20)21)12(10)16(8,18)15(22)23;/h2-4,8,10-13,19H,5,18H2,1H3,(H,20,21)(H,22,23);1H/t8-,10+,11+,12+,13-,16+;/m1./s1. The van der Waals surface area contributed by atoms with Crippen molar-refractivity contribution in [2.24, 2.45) is 29.4 Å². The first-order chi connectivity index (χ1) is 11.2. The second-order valence-electron chi connectivity index (χ2n) is 6.52. The fourth-order valence-electron chi connectivity index (χ4n) is 3.92. The molecule has 2 aliphatic carbocycles. The van der Waals surface area contributed by atoms with Gasteiger partial charge >= 0.3 is 11.9 Å². The smallest absolute Gasteiger partial charge is 0.324 e. The van der Waals surface area contributed by atoms with Gasteiger partial charge in [0.05, 0.1) is 12.0 Å². The lowest BCUT2D eigenvalue weighted by Gasteiger charge is -2.32. The molecule has 9 heteroatoms. The molecule has 1 aromatic carbocycles. The van der Waals surface area contributed by atoms with Crippen molar-refractivity contribution in [2.45, 2.75) is 23.5 Å². The minimum Gasteiger partial charge on any atom is -0.481 e. The predicted octanol–water partition coefficient (Wildman–Crippen LogP) is 1.37. The highest BCUT2D eigenvalue weighted by Gasteiger charge is 2.77. The normalized spacial score (nSPS) is 35.6. The van der Waals surface area contributed by atoms with Crippen molar-refractivity contribution in [2.75, 3.05) is 5.75 Å². The van der Waals surface area contributed by atoms with E-state index in [-0.39, 0.29) is 24.0 Å². The number of carbonyl (C=O) groups is 2. The number of rotatable bonds is 5. The van der Waals surface area contributed by atoms with E-state index in [4.69, 9.17) is 10.8 Å². The second kappa shape index (κ2) is 6.75. The van der Waals surface area contributed by atoms with Crippen LogP contribution in [-0.2, 0) is 9.59 Å². The molecule has 6 atom stereocenters. The van der Waals surface area contributed by atoms with E-state index >= 15 is 0 Å². The molecule has 0 amide bonds. The molecule has 0 unspecified atom stereocenters. The Labute approximate surface area is 154 Å². The zero-order chi connectivity index (χ0) is 17.8. The molecule has 138 valence electrons. The summed E-state index contributed by atoms with van der Waals surface area (Å²) in [4.78, 5) is 23.6. The van der Waals surface area contributed by atoms with Crippen molar-refractivity contribution >= 4 is 36.1 Å². The molecule has 3 rings (SSSR count). The molecule has 5 N–H and O–H groups in total. The van der Waals surface area contributed by atoms with E-state index in [1.807, 2.05) is 0 Å². The highest BCUT2D eigenvalue weighted by Crippen LogP contribution is 2.64. The average molecular weight is 392 g/mol. The van der Waals surface area contributed by atoms with Gasteiger partial charge in [-0.25, -0.2) is 4.39 Å². The predicted molar refractivity (Wildman–Crippen MR) is 91.3 cm³/mol. The van der Waals surface area contributed by atoms with Gasteiger partial charge in [-0.3, -0.25) is 9.59 Å². The van der Waals surface area contributed by atoms with Gasteiger partial charge in [-0.15, -0.1) is 24.2 Å². The third kappa shape index (κ3) is 3.01.